The van der Waals surface area contributed by atoms with Crippen molar-refractivity contribution >= 4 is 11.6 Å². The zero-order valence-corrected chi connectivity index (χ0v) is 15.1. The fraction of sp³-hybridized carbons (Fsp3) is 0.0435. The lowest BCUT2D eigenvalue weighted by Gasteiger charge is -2.09. The summed E-state index contributed by atoms with van der Waals surface area (Å²) in [5, 5.41) is 2.85. The molecule has 0 bridgehead atoms. The molecule has 0 aliphatic heterocycles. The third-order valence-corrected chi connectivity index (χ3v) is 4.31. The Morgan fingerprint density at radius 1 is 0.857 bits per heavy atom. The summed E-state index contributed by atoms with van der Waals surface area (Å²) in [6.45, 7) is -0.0517. The van der Waals surface area contributed by atoms with E-state index in [4.69, 9.17) is 4.74 Å². The van der Waals surface area contributed by atoms with Gasteiger partial charge in [0.05, 0.1) is 18.2 Å². The van der Waals surface area contributed by atoms with Crippen LogP contribution in [0.1, 0.15) is 0 Å². The van der Waals surface area contributed by atoms with Gasteiger partial charge in [0.25, 0.3) is 5.91 Å². The van der Waals surface area contributed by atoms with E-state index in [0.29, 0.717) is 5.75 Å². The largest absolute Gasteiger partial charge is 0.484 e. The number of carbonyl (C=O) groups excluding carboxylic acids is 1. The summed E-state index contributed by atoms with van der Waals surface area (Å²) in [4.78, 5) is 19.2. The van der Waals surface area contributed by atoms with Crippen molar-refractivity contribution in [3.63, 3.8) is 0 Å². The van der Waals surface area contributed by atoms with Gasteiger partial charge in [0.2, 0.25) is 0 Å². The first-order valence-corrected chi connectivity index (χ1v) is 8.95. The van der Waals surface area contributed by atoms with Crippen molar-refractivity contribution in [3.05, 3.63) is 91.4 Å². The number of ether oxygens (including phenoxy) is 1. The van der Waals surface area contributed by atoms with Crippen molar-refractivity contribution in [2.45, 2.75) is 0 Å². The molecule has 5 heteroatoms. The minimum absolute atomic E-state index is 0.0517. The molecule has 0 radical (unpaired) electrons. The van der Waals surface area contributed by atoms with Crippen LogP contribution in [0.15, 0.2) is 91.4 Å². The fourth-order valence-corrected chi connectivity index (χ4v) is 2.87. The summed E-state index contributed by atoms with van der Waals surface area (Å²) in [6.07, 6.45) is 3.39. The molecule has 0 saturated carbocycles. The number of carbonyl (C=O) groups is 1. The first kappa shape index (κ1) is 17.5. The maximum Gasteiger partial charge on any atom is 0.262 e. The molecule has 5 nitrogen and oxygen atoms in total. The summed E-state index contributed by atoms with van der Waals surface area (Å²) in [5.74, 6) is 0.433. The van der Waals surface area contributed by atoms with Gasteiger partial charge in [-0.25, -0.2) is 4.98 Å². The third kappa shape index (κ3) is 4.27. The highest BCUT2D eigenvalue weighted by Crippen LogP contribution is 2.22. The number of imidazole rings is 1. The molecule has 0 atom stereocenters. The van der Waals surface area contributed by atoms with Gasteiger partial charge in [-0.3, -0.25) is 4.79 Å². The van der Waals surface area contributed by atoms with Gasteiger partial charge in [-0.05, 0) is 53.1 Å². The molecule has 0 fully saturated rings. The van der Waals surface area contributed by atoms with Crippen LogP contribution in [0, 0.1) is 0 Å². The zero-order chi connectivity index (χ0) is 19.2. The monoisotopic (exact) mass is 369 g/mol. The van der Waals surface area contributed by atoms with E-state index in [9.17, 15) is 4.79 Å². The SMILES string of the molecule is O=C(COc1ccc(-c2cnc[nH]2)cc1)Nc1ccc(-c2ccccc2)cc1. The molecule has 2 N–H and O–H groups in total. The van der Waals surface area contributed by atoms with Crippen LogP contribution < -0.4 is 10.1 Å². The average Bonchev–Trinajstić information content (AvgIpc) is 3.29. The van der Waals surface area contributed by atoms with E-state index in [-0.39, 0.29) is 12.5 Å². The molecule has 0 unspecified atom stereocenters. The number of benzene rings is 3. The van der Waals surface area contributed by atoms with E-state index < -0.39 is 0 Å². The standard InChI is InChI=1S/C23H19N3O2/c27-23(15-28-21-12-8-19(9-13-21)22-14-24-16-25-22)26-20-10-6-18(7-11-20)17-4-2-1-3-5-17/h1-14,16H,15H2,(H,24,25)(H,26,27). The number of nitrogens with zero attached hydrogens (tertiary/aromatic N) is 1. The van der Waals surface area contributed by atoms with Crippen LogP contribution in [-0.2, 0) is 4.79 Å². The third-order valence-electron chi connectivity index (χ3n) is 4.31. The molecular formula is C23H19N3O2. The number of H-pyrrole nitrogens is 1. The van der Waals surface area contributed by atoms with Gasteiger partial charge in [0, 0.05) is 5.69 Å². The molecule has 4 aromatic rings. The van der Waals surface area contributed by atoms with E-state index in [0.717, 1.165) is 28.1 Å². The molecule has 28 heavy (non-hydrogen) atoms. The number of hydrogen-bond donors (Lipinski definition) is 2. The Kier molecular flexibility index (Phi) is 5.15. The lowest BCUT2D eigenvalue weighted by molar-refractivity contribution is -0.118. The van der Waals surface area contributed by atoms with Crippen molar-refractivity contribution < 1.29 is 9.53 Å². The van der Waals surface area contributed by atoms with Crippen LogP contribution in [0.25, 0.3) is 22.4 Å². The predicted octanol–water partition coefficient (Wildman–Crippen LogP) is 4.76. The highest BCUT2D eigenvalue weighted by molar-refractivity contribution is 5.92. The average molecular weight is 369 g/mol. The van der Waals surface area contributed by atoms with Gasteiger partial charge in [-0.15, -0.1) is 0 Å². The second-order valence-electron chi connectivity index (χ2n) is 6.27. The normalized spacial score (nSPS) is 10.4. The van der Waals surface area contributed by atoms with E-state index in [2.05, 4.69) is 27.4 Å². The first-order valence-electron chi connectivity index (χ1n) is 8.95. The Labute approximate surface area is 163 Å². The lowest BCUT2D eigenvalue weighted by Crippen LogP contribution is -2.20. The van der Waals surface area contributed by atoms with Gasteiger partial charge in [-0.2, -0.15) is 0 Å². The van der Waals surface area contributed by atoms with E-state index >= 15 is 0 Å². The van der Waals surface area contributed by atoms with E-state index in [1.54, 1.807) is 12.5 Å². The second-order valence-corrected chi connectivity index (χ2v) is 6.27. The highest BCUT2D eigenvalue weighted by Gasteiger charge is 2.05. The van der Waals surface area contributed by atoms with Crippen LogP contribution in [0.4, 0.5) is 5.69 Å². The maximum absolute atomic E-state index is 12.1. The number of hydrogen-bond acceptors (Lipinski definition) is 3. The zero-order valence-electron chi connectivity index (χ0n) is 15.1. The van der Waals surface area contributed by atoms with Crippen LogP contribution in [-0.4, -0.2) is 22.5 Å². The predicted molar refractivity (Wildman–Crippen MR) is 110 cm³/mol. The van der Waals surface area contributed by atoms with Gasteiger partial charge >= 0.3 is 0 Å². The Hall–Kier alpha value is -3.86. The molecule has 0 saturated heterocycles. The van der Waals surface area contributed by atoms with Gasteiger partial charge in [0.15, 0.2) is 6.61 Å². The topological polar surface area (TPSA) is 67.0 Å². The molecule has 138 valence electrons. The number of nitrogens with one attached hydrogen (secondary N) is 2. The van der Waals surface area contributed by atoms with Gasteiger partial charge in [-0.1, -0.05) is 42.5 Å². The van der Waals surface area contributed by atoms with Gasteiger partial charge in [0.1, 0.15) is 5.75 Å². The van der Waals surface area contributed by atoms with Crippen molar-refractivity contribution in [3.8, 4) is 28.1 Å². The van der Waals surface area contributed by atoms with Crippen molar-refractivity contribution in [1.82, 2.24) is 9.97 Å². The summed E-state index contributed by atoms with van der Waals surface area (Å²) in [5.41, 5.74) is 4.92. The minimum Gasteiger partial charge on any atom is -0.484 e. The number of amides is 1. The molecule has 0 aliphatic carbocycles. The van der Waals surface area contributed by atoms with E-state index in [1.807, 2.05) is 66.7 Å². The minimum atomic E-state index is -0.204. The Balaban J connectivity index is 1.31. The smallest absolute Gasteiger partial charge is 0.262 e. The summed E-state index contributed by atoms with van der Waals surface area (Å²) < 4.78 is 5.57. The summed E-state index contributed by atoms with van der Waals surface area (Å²) in [7, 11) is 0. The van der Waals surface area contributed by atoms with Crippen LogP contribution in [0.2, 0.25) is 0 Å². The Bertz CT molecular complexity index is 1030. The highest BCUT2D eigenvalue weighted by atomic mass is 16.5. The van der Waals surface area contributed by atoms with Crippen LogP contribution in [0.5, 0.6) is 5.75 Å². The number of aromatic nitrogens is 2. The van der Waals surface area contributed by atoms with Crippen molar-refractivity contribution in [2.24, 2.45) is 0 Å². The molecule has 0 spiro atoms. The first-order chi connectivity index (χ1) is 13.8. The summed E-state index contributed by atoms with van der Waals surface area (Å²) >= 11 is 0. The van der Waals surface area contributed by atoms with E-state index in [1.165, 1.54) is 0 Å². The van der Waals surface area contributed by atoms with Crippen LogP contribution >= 0.6 is 0 Å². The molecular weight excluding hydrogens is 350 g/mol. The molecule has 1 heterocycles. The number of aromatic amines is 1. The summed E-state index contributed by atoms with van der Waals surface area (Å²) in [6, 6.07) is 25.4. The molecule has 0 aliphatic rings. The Morgan fingerprint density at radius 3 is 2.21 bits per heavy atom. The quantitative estimate of drug-likeness (QED) is 0.515. The lowest BCUT2D eigenvalue weighted by atomic mass is 10.1. The van der Waals surface area contributed by atoms with Crippen molar-refractivity contribution in [2.75, 3.05) is 11.9 Å². The number of anilines is 1. The molecule has 1 amide bonds. The van der Waals surface area contributed by atoms with Gasteiger partial charge < -0.3 is 15.0 Å². The number of rotatable bonds is 6. The van der Waals surface area contributed by atoms with Crippen molar-refractivity contribution in [1.29, 1.82) is 0 Å². The van der Waals surface area contributed by atoms with Crippen LogP contribution in [0.3, 0.4) is 0 Å². The maximum atomic E-state index is 12.1. The fourth-order valence-electron chi connectivity index (χ4n) is 2.87. The molecule has 4 rings (SSSR count). The molecule has 3 aromatic carbocycles. The second kappa shape index (κ2) is 8.22. The molecule has 1 aromatic heterocycles. The Morgan fingerprint density at radius 2 is 1.54 bits per heavy atom.